The van der Waals surface area contributed by atoms with Gasteiger partial charge in [-0.25, -0.2) is 13.6 Å². The fraction of sp³-hybridized carbons (Fsp3) is 0.500. The number of carbonyl (C=O) groups excluding carboxylic acids is 1. The summed E-state index contributed by atoms with van der Waals surface area (Å²) in [6.07, 6.45) is -2.68. The van der Waals surface area contributed by atoms with E-state index in [1.807, 2.05) is 0 Å². The molecular formula is C8H11F2N3O2. The molecule has 84 valence electrons. The summed E-state index contributed by atoms with van der Waals surface area (Å²) in [5.41, 5.74) is 0.264. The molecule has 0 spiro atoms. The molecule has 1 N–H and O–H groups in total. The molecule has 1 aromatic heterocycles. The number of rotatable bonds is 3. The highest BCUT2D eigenvalue weighted by Crippen LogP contribution is 2.18. The van der Waals surface area contributed by atoms with E-state index in [0.29, 0.717) is 0 Å². The highest BCUT2D eigenvalue weighted by atomic mass is 19.3. The third-order valence-electron chi connectivity index (χ3n) is 1.62. The summed E-state index contributed by atoms with van der Waals surface area (Å²) in [5, 5.41) is 5.85. The Bertz CT molecular complexity index is 338. The van der Waals surface area contributed by atoms with E-state index in [-0.39, 0.29) is 18.3 Å². The fourth-order valence-electron chi connectivity index (χ4n) is 0.839. The summed E-state index contributed by atoms with van der Waals surface area (Å²) in [4.78, 5) is 12.4. The van der Waals surface area contributed by atoms with Gasteiger partial charge in [-0.3, -0.25) is 0 Å². The standard InChI is InChI=1S/C8H11F2N3O2/c1-13(2)8(14)11-4-5-3-6(7(9)10)15-12-5/h3,7H,4H2,1-2H3,(H,11,14). The van der Waals surface area contributed by atoms with E-state index in [9.17, 15) is 13.6 Å². The molecule has 0 bridgehead atoms. The van der Waals surface area contributed by atoms with E-state index < -0.39 is 12.2 Å². The van der Waals surface area contributed by atoms with Gasteiger partial charge in [0, 0.05) is 20.2 Å². The minimum atomic E-state index is -2.68. The Hall–Kier alpha value is -1.66. The van der Waals surface area contributed by atoms with Crippen LogP contribution >= 0.6 is 0 Å². The van der Waals surface area contributed by atoms with Crippen LogP contribution in [0.3, 0.4) is 0 Å². The Morgan fingerprint density at radius 2 is 2.33 bits per heavy atom. The summed E-state index contributed by atoms with van der Waals surface area (Å²) < 4.78 is 28.5. The number of hydrogen-bond acceptors (Lipinski definition) is 3. The van der Waals surface area contributed by atoms with Crippen molar-refractivity contribution in [3.63, 3.8) is 0 Å². The molecule has 7 heteroatoms. The van der Waals surface area contributed by atoms with Crippen LogP contribution in [0.4, 0.5) is 13.6 Å². The summed E-state index contributed by atoms with van der Waals surface area (Å²) in [6.45, 7) is 0.0627. The highest BCUT2D eigenvalue weighted by molar-refractivity contribution is 5.73. The number of nitrogens with zero attached hydrogens (tertiary/aromatic N) is 2. The van der Waals surface area contributed by atoms with Crippen LogP contribution < -0.4 is 5.32 Å². The van der Waals surface area contributed by atoms with Crippen molar-refractivity contribution in [3.8, 4) is 0 Å². The molecule has 5 nitrogen and oxygen atoms in total. The van der Waals surface area contributed by atoms with Gasteiger partial charge in [0.2, 0.25) is 5.76 Å². The van der Waals surface area contributed by atoms with E-state index in [1.54, 1.807) is 14.1 Å². The molecule has 0 saturated heterocycles. The van der Waals surface area contributed by atoms with Gasteiger partial charge in [-0.1, -0.05) is 5.16 Å². The van der Waals surface area contributed by atoms with Crippen molar-refractivity contribution in [3.05, 3.63) is 17.5 Å². The van der Waals surface area contributed by atoms with Gasteiger partial charge in [-0.15, -0.1) is 0 Å². The highest BCUT2D eigenvalue weighted by Gasteiger charge is 2.14. The smallest absolute Gasteiger partial charge is 0.317 e. The first-order chi connectivity index (χ1) is 7.00. The Balaban J connectivity index is 2.48. The molecule has 0 aliphatic heterocycles. The van der Waals surface area contributed by atoms with Gasteiger partial charge < -0.3 is 14.7 Å². The largest absolute Gasteiger partial charge is 0.355 e. The second kappa shape index (κ2) is 4.72. The molecule has 0 unspecified atom stereocenters. The average molecular weight is 219 g/mol. The fourth-order valence-corrected chi connectivity index (χ4v) is 0.839. The lowest BCUT2D eigenvalue weighted by molar-refractivity contribution is 0.112. The maximum Gasteiger partial charge on any atom is 0.317 e. The minimum Gasteiger partial charge on any atom is -0.355 e. The number of alkyl halides is 2. The van der Waals surface area contributed by atoms with Crippen LogP contribution in [-0.2, 0) is 6.54 Å². The van der Waals surface area contributed by atoms with Gasteiger partial charge in [0.05, 0.1) is 6.54 Å². The first-order valence-corrected chi connectivity index (χ1v) is 4.19. The molecule has 1 heterocycles. The van der Waals surface area contributed by atoms with Crippen molar-refractivity contribution < 1.29 is 18.1 Å². The molecule has 0 aliphatic rings. The third kappa shape index (κ3) is 3.19. The Labute approximate surface area is 85.0 Å². The monoisotopic (exact) mass is 219 g/mol. The number of halogens is 2. The molecule has 0 radical (unpaired) electrons. The summed E-state index contributed by atoms with van der Waals surface area (Å²) >= 11 is 0. The zero-order valence-electron chi connectivity index (χ0n) is 8.33. The van der Waals surface area contributed by atoms with Gasteiger partial charge in [-0.05, 0) is 0 Å². The number of carbonyl (C=O) groups is 1. The number of aromatic nitrogens is 1. The molecule has 0 aromatic carbocycles. The van der Waals surface area contributed by atoms with Gasteiger partial charge in [0.25, 0.3) is 6.43 Å². The minimum absolute atomic E-state index is 0.0627. The lowest BCUT2D eigenvalue weighted by atomic mass is 10.3. The van der Waals surface area contributed by atoms with Gasteiger partial charge in [0.15, 0.2) is 0 Å². The zero-order chi connectivity index (χ0) is 11.4. The molecule has 1 rings (SSSR count). The van der Waals surface area contributed by atoms with Gasteiger partial charge in [-0.2, -0.15) is 0 Å². The number of nitrogens with one attached hydrogen (secondary N) is 1. The van der Waals surface area contributed by atoms with E-state index in [4.69, 9.17) is 0 Å². The van der Waals surface area contributed by atoms with Crippen LogP contribution in [0.25, 0.3) is 0 Å². The van der Waals surface area contributed by atoms with Crippen LogP contribution in [-0.4, -0.2) is 30.2 Å². The molecule has 0 saturated carbocycles. The van der Waals surface area contributed by atoms with Crippen molar-refractivity contribution in [2.75, 3.05) is 14.1 Å². The predicted molar refractivity (Wildman–Crippen MR) is 47.4 cm³/mol. The number of hydrogen-bond donors (Lipinski definition) is 1. The predicted octanol–water partition coefficient (Wildman–Crippen LogP) is 1.38. The summed E-state index contributed by atoms with van der Waals surface area (Å²) in [7, 11) is 3.14. The normalized spacial score (nSPS) is 10.5. The van der Waals surface area contributed by atoms with Gasteiger partial charge in [0.1, 0.15) is 5.69 Å². The van der Waals surface area contributed by atoms with Crippen molar-refractivity contribution in [2.45, 2.75) is 13.0 Å². The van der Waals surface area contributed by atoms with Crippen LogP contribution in [0.2, 0.25) is 0 Å². The summed E-state index contributed by atoms with van der Waals surface area (Å²) in [6, 6.07) is 0.789. The number of amides is 2. The maximum absolute atomic E-state index is 12.1. The second-order valence-electron chi connectivity index (χ2n) is 3.07. The first-order valence-electron chi connectivity index (χ1n) is 4.19. The molecule has 2 amide bonds. The first kappa shape index (κ1) is 11.4. The van der Waals surface area contributed by atoms with Crippen LogP contribution in [0.1, 0.15) is 17.9 Å². The SMILES string of the molecule is CN(C)C(=O)NCc1cc(C(F)F)on1. The molecule has 0 aliphatic carbocycles. The molecule has 0 fully saturated rings. The molecule has 0 atom stereocenters. The molecule has 1 aromatic rings. The van der Waals surface area contributed by atoms with E-state index in [0.717, 1.165) is 6.07 Å². The number of urea groups is 1. The lowest BCUT2D eigenvalue weighted by Crippen LogP contribution is -2.33. The second-order valence-corrected chi connectivity index (χ2v) is 3.07. The quantitative estimate of drug-likeness (QED) is 0.835. The van der Waals surface area contributed by atoms with Crippen molar-refractivity contribution in [2.24, 2.45) is 0 Å². The van der Waals surface area contributed by atoms with Crippen LogP contribution in [0, 0.1) is 0 Å². The van der Waals surface area contributed by atoms with Crippen LogP contribution in [0.15, 0.2) is 10.6 Å². The molecular weight excluding hydrogens is 208 g/mol. The van der Waals surface area contributed by atoms with Crippen molar-refractivity contribution in [1.29, 1.82) is 0 Å². The van der Waals surface area contributed by atoms with E-state index >= 15 is 0 Å². The van der Waals surface area contributed by atoms with Crippen molar-refractivity contribution >= 4 is 6.03 Å². The Morgan fingerprint density at radius 1 is 1.67 bits per heavy atom. The van der Waals surface area contributed by atoms with Gasteiger partial charge >= 0.3 is 6.03 Å². The summed E-state index contributed by atoms with van der Waals surface area (Å²) in [5.74, 6) is -0.496. The topological polar surface area (TPSA) is 58.4 Å². The van der Waals surface area contributed by atoms with Crippen molar-refractivity contribution in [1.82, 2.24) is 15.4 Å². The Kier molecular flexibility index (Phi) is 3.59. The zero-order valence-corrected chi connectivity index (χ0v) is 8.33. The maximum atomic E-state index is 12.1. The average Bonchev–Trinajstić information content (AvgIpc) is 2.62. The van der Waals surface area contributed by atoms with E-state index in [2.05, 4.69) is 15.0 Å². The third-order valence-corrected chi connectivity index (χ3v) is 1.62. The molecule has 15 heavy (non-hydrogen) atoms. The lowest BCUT2D eigenvalue weighted by Gasteiger charge is -2.10. The Morgan fingerprint density at radius 3 is 2.80 bits per heavy atom. The van der Waals surface area contributed by atoms with Crippen LogP contribution in [0.5, 0.6) is 0 Å². The van der Waals surface area contributed by atoms with E-state index in [1.165, 1.54) is 4.90 Å².